The molecule has 94 valence electrons. The molecule has 1 atom stereocenters. The van der Waals surface area contributed by atoms with E-state index in [-0.39, 0.29) is 17.6 Å². The van der Waals surface area contributed by atoms with Crippen molar-refractivity contribution in [1.29, 1.82) is 0 Å². The predicted molar refractivity (Wildman–Crippen MR) is 69.9 cm³/mol. The van der Waals surface area contributed by atoms with E-state index in [1.54, 1.807) is 36.4 Å². The molecule has 0 radical (unpaired) electrons. The molecule has 0 aliphatic rings. The van der Waals surface area contributed by atoms with Crippen molar-refractivity contribution < 1.29 is 14.9 Å². The minimum Gasteiger partial charge on any atom is -0.508 e. The van der Waals surface area contributed by atoms with Gasteiger partial charge >= 0.3 is 0 Å². The van der Waals surface area contributed by atoms with Gasteiger partial charge in [0.25, 0.3) is 0 Å². The maximum absolute atomic E-state index is 9.26. The van der Waals surface area contributed by atoms with Crippen LogP contribution in [0.5, 0.6) is 17.2 Å². The van der Waals surface area contributed by atoms with E-state index in [1.807, 2.05) is 19.1 Å². The molecule has 0 aromatic heterocycles. The summed E-state index contributed by atoms with van der Waals surface area (Å²) in [5.41, 5.74) is 1.02. The van der Waals surface area contributed by atoms with Crippen molar-refractivity contribution in [1.82, 2.24) is 0 Å². The summed E-state index contributed by atoms with van der Waals surface area (Å²) in [5.74, 6) is 1.19. The van der Waals surface area contributed by atoms with E-state index in [2.05, 4.69) is 0 Å². The number of hydrogen-bond donors (Lipinski definition) is 2. The van der Waals surface area contributed by atoms with Gasteiger partial charge in [-0.15, -0.1) is 0 Å². The maximum atomic E-state index is 9.26. The topological polar surface area (TPSA) is 49.7 Å². The first-order chi connectivity index (χ1) is 8.69. The van der Waals surface area contributed by atoms with Crippen LogP contribution < -0.4 is 4.74 Å². The fraction of sp³-hybridized carbons (Fsp3) is 0.200. The molecular weight excluding hydrogens is 228 g/mol. The van der Waals surface area contributed by atoms with Gasteiger partial charge in [-0.2, -0.15) is 0 Å². The number of hydrogen-bond acceptors (Lipinski definition) is 3. The lowest BCUT2D eigenvalue weighted by atomic mass is 10.1. The smallest absolute Gasteiger partial charge is 0.123 e. The van der Waals surface area contributed by atoms with Crippen LogP contribution in [0.15, 0.2) is 48.5 Å². The van der Waals surface area contributed by atoms with Crippen LogP contribution in [0.4, 0.5) is 0 Å². The highest BCUT2D eigenvalue weighted by molar-refractivity contribution is 5.32. The van der Waals surface area contributed by atoms with Crippen molar-refractivity contribution in [3.8, 4) is 17.2 Å². The van der Waals surface area contributed by atoms with E-state index in [4.69, 9.17) is 4.74 Å². The SMILES string of the molecule is CCC(Oc1ccc(O)cc1)c1ccc(O)cc1. The Kier molecular flexibility index (Phi) is 3.72. The molecule has 0 fully saturated rings. The average Bonchev–Trinajstić information content (AvgIpc) is 2.39. The van der Waals surface area contributed by atoms with Gasteiger partial charge in [0.1, 0.15) is 23.4 Å². The van der Waals surface area contributed by atoms with Gasteiger partial charge in [0.15, 0.2) is 0 Å². The van der Waals surface area contributed by atoms with Gasteiger partial charge in [-0.1, -0.05) is 19.1 Å². The normalized spacial score (nSPS) is 12.1. The molecule has 18 heavy (non-hydrogen) atoms. The summed E-state index contributed by atoms with van der Waals surface area (Å²) >= 11 is 0. The van der Waals surface area contributed by atoms with Crippen LogP contribution >= 0.6 is 0 Å². The van der Waals surface area contributed by atoms with Crippen LogP contribution in [-0.2, 0) is 0 Å². The quantitative estimate of drug-likeness (QED) is 0.863. The Hall–Kier alpha value is -2.16. The summed E-state index contributed by atoms with van der Waals surface area (Å²) in [7, 11) is 0. The van der Waals surface area contributed by atoms with Gasteiger partial charge in [0.05, 0.1) is 0 Å². The van der Waals surface area contributed by atoms with Gasteiger partial charge < -0.3 is 14.9 Å². The molecule has 0 amide bonds. The Morgan fingerprint density at radius 3 is 1.89 bits per heavy atom. The summed E-state index contributed by atoms with van der Waals surface area (Å²) in [6, 6.07) is 13.7. The summed E-state index contributed by atoms with van der Waals surface area (Å²) in [6.07, 6.45) is 0.765. The fourth-order valence-corrected chi connectivity index (χ4v) is 1.77. The third kappa shape index (κ3) is 2.94. The van der Waals surface area contributed by atoms with Crippen LogP contribution in [0.2, 0.25) is 0 Å². The molecule has 0 spiro atoms. The monoisotopic (exact) mass is 244 g/mol. The Morgan fingerprint density at radius 1 is 0.889 bits per heavy atom. The van der Waals surface area contributed by atoms with Crippen LogP contribution in [0.25, 0.3) is 0 Å². The molecule has 0 aliphatic carbocycles. The number of phenols is 2. The Bertz CT molecular complexity index is 488. The third-order valence-electron chi connectivity index (χ3n) is 2.75. The minimum atomic E-state index is -0.0601. The molecule has 2 N–H and O–H groups in total. The van der Waals surface area contributed by atoms with Gasteiger partial charge in [-0.3, -0.25) is 0 Å². The van der Waals surface area contributed by atoms with Crippen molar-refractivity contribution >= 4 is 0 Å². The summed E-state index contributed by atoms with van der Waals surface area (Å²) in [6.45, 7) is 2.04. The number of rotatable bonds is 4. The highest BCUT2D eigenvalue weighted by Crippen LogP contribution is 2.26. The molecule has 2 aromatic carbocycles. The van der Waals surface area contributed by atoms with Crippen molar-refractivity contribution in [3.05, 3.63) is 54.1 Å². The van der Waals surface area contributed by atoms with E-state index in [0.717, 1.165) is 12.0 Å². The largest absolute Gasteiger partial charge is 0.508 e. The lowest BCUT2D eigenvalue weighted by Gasteiger charge is -2.18. The molecule has 0 heterocycles. The van der Waals surface area contributed by atoms with E-state index in [1.165, 1.54) is 0 Å². The second-order valence-electron chi connectivity index (χ2n) is 4.10. The van der Waals surface area contributed by atoms with E-state index >= 15 is 0 Å². The molecular formula is C15H16O3. The molecule has 3 nitrogen and oxygen atoms in total. The van der Waals surface area contributed by atoms with Gasteiger partial charge in [0, 0.05) is 0 Å². The van der Waals surface area contributed by atoms with Crippen LogP contribution in [-0.4, -0.2) is 10.2 Å². The van der Waals surface area contributed by atoms with E-state index in [9.17, 15) is 10.2 Å². The highest BCUT2D eigenvalue weighted by Gasteiger charge is 2.11. The zero-order valence-corrected chi connectivity index (χ0v) is 10.2. The molecule has 0 saturated carbocycles. The number of phenolic OH excluding ortho intramolecular Hbond substituents is 2. The first-order valence-electron chi connectivity index (χ1n) is 5.93. The van der Waals surface area contributed by atoms with Crippen LogP contribution in [0, 0.1) is 0 Å². The molecule has 1 unspecified atom stereocenters. The van der Waals surface area contributed by atoms with Crippen LogP contribution in [0.3, 0.4) is 0 Å². The van der Waals surface area contributed by atoms with Gasteiger partial charge in [0.2, 0.25) is 0 Å². The summed E-state index contributed by atoms with van der Waals surface area (Å²) < 4.78 is 5.85. The van der Waals surface area contributed by atoms with Crippen molar-refractivity contribution in [2.24, 2.45) is 0 Å². The molecule has 0 aliphatic heterocycles. The fourth-order valence-electron chi connectivity index (χ4n) is 1.77. The second-order valence-corrected chi connectivity index (χ2v) is 4.10. The van der Waals surface area contributed by atoms with Crippen molar-refractivity contribution in [3.63, 3.8) is 0 Å². The third-order valence-corrected chi connectivity index (χ3v) is 2.75. The predicted octanol–water partition coefficient (Wildman–Crippen LogP) is 3.63. The lowest BCUT2D eigenvalue weighted by Crippen LogP contribution is -2.06. The standard InChI is InChI=1S/C15H16O3/c1-2-15(11-3-5-12(16)6-4-11)18-14-9-7-13(17)8-10-14/h3-10,15-17H,2H2,1H3. The Labute approximate surface area is 106 Å². The second kappa shape index (κ2) is 5.45. The maximum Gasteiger partial charge on any atom is 0.123 e. The molecule has 0 saturated heterocycles. The van der Waals surface area contributed by atoms with Crippen LogP contribution in [0.1, 0.15) is 25.0 Å². The Balaban J connectivity index is 2.14. The van der Waals surface area contributed by atoms with Crippen molar-refractivity contribution in [2.45, 2.75) is 19.4 Å². The lowest BCUT2D eigenvalue weighted by molar-refractivity contribution is 0.201. The van der Waals surface area contributed by atoms with Crippen molar-refractivity contribution in [2.75, 3.05) is 0 Å². The zero-order valence-electron chi connectivity index (χ0n) is 10.2. The molecule has 2 aromatic rings. The number of benzene rings is 2. The average molecular weight is 244 g/mol. The molecule has 0 bridgehead atoms. The minimum absolute atomic E-state index is 0.0601. The summed E-state index contributed by atoms with van der Waals surface area (Å²) in [5, 5.41) is 18.5. The highest BCUT2D eigenvalue weighted by atomic mass is 16.5. The first-order valence-corrected chi connectivity index (χ1v) is 5.93. The number of ether oxygens (including phenoxy) is 1. The molecule has 3 heteroatoms. The Morgan fingerprint density at radius 2 is 1.39 bits per heavy atom. The first kappa shape index (κ1) is 12.3. The zero-order chi connectivity index (χ0) is 13.0. The molecule has 2 rings (SSSR count). The van der Waals surface area contributed by atoms with E-state index in [0.29, 0.717) is 5.75 Å². The van der Waals surface area contributed by atoms with Gasteiger partial charge in [-0.25, -0.2) is 0 Å². The van der Waals surface area contributed by atoms with Gasteiger partial charge in [-0.05, 0) is 48.4 Å². The number of aromatic hydroxyl groups is 2. The van der Waals surface area contributed by atoms with E-state index < -0.39 is 0 Å². The summed E-state index contributed by atoms with van der Waals surface area (Å²) in [4.78, 5) is 0.